The minimum atomic E-state index is -0.905. The fraction of sp³-hybridized carbons (Fsp3) is 0.522. The van der Waals surface area contributed by atoms with Gasteiger partial charge in [-0.15, -0.1) is 11.3 Å². The molecule has 0 aliphatic heterocycles. The van der Waals surface area contributed by atoms with Crippen molar-refractivity contribution in [1.82, 2.24) is 4.98 Å². The number of unbranched alkanes of at least 4 members (excludes halogenated alkanes) is 4. The van der Waals surface area contributed by atoms with Crippen LogP contribution in [0.5, 0.6) is 0 Å². The molecule has 0 saturated heterocycles. The number of halogens is 1. The highest BCUT2D eigenvalue weighted by Crippen LogP contribution is 2.35. The van der Waals surface area contributed by atoms with Crippen LogP contribution in [-0.2, 0) is 11.2 Å². The van der Waals surface area contributed by atoms with Gasteiger partial charge in [0.1, 0.15) is 4.75 Å². The summed E-state index contributed by atoms with van der Waals surface area (Å²) in [7, 11) is 0. The van der Waals surface area contributed by atoms with Crippen LogP contribution in [0.15, 0.2) is 27.9 Å². The van der Waals surface area contributed by atoms with Crippen molar-refractivity contribution in [3.05, 3.63) is 45.7 Å². The number of carboxylic acid groups (broad SMARTS) is 1. The number of nitrogens with zero attached hydrogens (tertiary/aromatic N) is 3. The second-order valence-electron chi connectivity index (χ2n) is 7.92. The number of hydrogen-bond donors (Lipinski definition) is 1. The number of aliphatic carboxylic acids is 1. The van der Waals surface area contributed by atoms with E-state index in [2.05, 4.69) is 21.7 Å². The maximum atomic E-state index is 11.4. The Balaban J connectivity index is 2.06. The number of hydrogen-bond acceptors (Lipinski definition) is 5. The minimum Gasteiger partial charge on any atom is -0.480 e. The lowest BCUT2D eigenvalue weighted by Crippen LogP contribution is -2.27. The SMILES string of the molecule is [C-]#[N+]c1ccc(N(CCCCCCC)CCc2csc(SC(C)(C)C(=O)O)n2)c(Cl)c1. The third-order valence-electron chi connectivity index (χ3n) is 4.96. The van der Waals surface area contributed by atoms with Crippen molar-refractivity contribution in [3.63, 3.8) is 0 Å². The van der Waals surface area contributed by atoms with E-state index in [-0.39, 0.29) is 0 Å². The molecular formula is C23H30ClN3O2S2. The van der Waals surface area contributed by atoms with Gasteiger partial charge in [0.15, 0.2) is 10.0 Å². The van der Waals surface area contributed by atoms with Gasteiger partial charge in [-0.2, -0.15) is 0 Å². The molecular weight excluding hydrogens is 450 g/mol. The summed E-state index contributed by atoms with van der Waals surface area (Å²) in [5.74, 6) is -0.846. The number of benzene rings is 1. The number of anilines is 1. The van der Waals surface area contributed by atoms with Crippen LogP contribution in [-0.4, -0.2) is 33.9 Å². The number of rotatable bonds is 13. The molecule has 0 saturated carbocycles. The van der Waals surface area contributed by atoms with Crippen molar-refractivity contribution in [2.24, 2.45) is 0 Å². The molecule has 0 aliphatic carbocycles. The molecule has 0 fully saturated rings. The fourth-order valence-corrected chi connectivity index (χ4v) is 5.56. The minimum absolute atomic E-state index is 0.541. The van der Waals surface area contributed by atoms with Crippen LogP contribution in [0.2, 0.25) is 5.02 Å². The van der Waals surface area contributed by atoms with Gasteiger partial charge in [0, 0.05) is 24.9 Å². The van der Waals surface area contributed by atoms with E-state index in [0.717, 1.165) is 41.7 Å². The van der Waals surface area contributed by atoms with Gasteiger partial charge < -0.3 is 10.0 Å². The zero-order valence-electron chi connectivity index (χ0n) is 18.4. The van der Waals surface area contributed by atoms with Gasteiger partial charge in [0.05, 0.1) is 23.0 Å². The summed E-state index contributed by atoms with van der Waals surface area (Å²) >= 11 is 9.26. The molecule has 0 radical (unpaired) electrons. The largest absolute Gasteiger partial charge is 0.480 e. The van der Waals surface area contributed by atoms with E-state index < -0.39 is 10.7 Å². The summed E-state index contributed by atoms with van der Waals surface area (Å²) in [6, 6.07) is 5.46. The van der Waals surface area contributed by atoms with Crippen LogP contribution in [0.25, 0.3) is 4.85 Å². The third kappa shape index (κ3) is 8.03. The van der Waals surface area contributed by atoms with Crippen LogP contribution in [0.4, 0.5) is 11.4 Å². The van der Waals surface area contributed by atoms with Crippen LogP contribution in [0.3, 0.4) is 0 Å². The first-order chi connectivity index (χ1) is 14.8. The number of carboxylic acids is 1. The van der Waals surface area contributed by atoms with Crippen molar-refractivity contribution in [3.8, 4) is 0 Å². The molecule has 1 aromatic heterocycles. The highest BCUT2D eigenvalue weighted by atomic mass is 35.5. The van der Waals surface area contributed by atoms with Crippen molar-refractivity contribution in [2.45, 2.75) is 68.4 Å². The normalized spacial score (nSPS) is 11.3. The Kier molecular flexibility index (Phi) is 10.1. The monoisotopic (exact) mass is 479 g/mol. The lowest BCUT2D eigenvalue weighted by Gasteiger charge is -2.26. The van der Waals surface area contributed by atoms with Crippen molar-refractivity contribution >= 4 is 52.0 Å². The van der Waals surface area contributed by atoms with Crippen LogP contribution >= 0.6 is 34.7 Å². The molecule has 8 heteroatoms. The van der Waals surface area contributed by atoms with Crippen molar-refractivity contribution in [1.29, 1.82) is 0 Å². The van der Waals surface area contributed by atoms with Crippen LogP contribution < -0.4 is 4.90 Å². The lowest BCUT2D eigenvalue weighted by molar-refractivity contribution is -0.138. The Labute approximate surface area is 198 Å². The zero-order chi connectivity index (χ0) is 22.9. The first-order valence-electron chi connectivity index (χ1n) is 10.6. The van der Waals surface area contributed by atoms with Gasteiger partial charge in [-0.25, -0.2) is 9.83 Å². The summed E-state index contributed by atoms with van der Waals surface area (Å²) in [4.78, 5) is 21.7. The van der Waals surface area contributed by atoms with E-state index in [4.69, 9.17) is 18.2 Å². The molecule has 1 aromatic carbocycles. The summed E-state index contributed by atoms with van der Waals surface area (Å²) in [5.41, 5.74) is 2.44. The number of thioether (sulfide) groups is 1. The molecule has 0 aliphatic rings. The second kappa shape index (κ2) is 12.3. The molecule has 1 N–H and O–H groups in total. The smallest absolute Gasteiger partial charge is 0.319 e. The molecule has 0 atom stereocenters. The number of aromatic nitrogens is 1. The molecule has 1 heterocycles. The maximum absolute atomic E-state index is 11.4. The summed E-state index contributed by atoms with van der Waals surface area (Å²) in [5, 5.41) is 11.9. The molecule has 0 bridgehead atoms. The molecule has 5 nitrogen and oxygen atoms in total. The average molecular weight is 480 g/mol. The first-order valence-corrected chi connectivity index (χ1v) is 12.6. The van der Waals surface area contributed by atoms with Gasteiger partial charge in [-0.3, -0.25) is 4.79 Å². The first kappa shape index (κ1) is 25.5. The van der Waals surface area contributed by atoms with Gasteiger partial charge >= 0.3 is 5.97 Å². The van der Waals surface area contributed by atoms with Gasteiger partial charge in [0.25, 0.3) is 0 Å². The predicted octanol–water partition coefficient (Wildman–Crippen LogP) is 7.32. The highest BCUT2D eigenvalue weighted by Gasteiger charge is 2.29. The molecule has 0 spiro atoms. The average Bonchev–Trinajstić information content (AvgIpc) is 3.16. The van der Waals surface area contributed by atoms with Gasteiger partial charge in [0.2, 0.25) is 0 Å². The molecule has 2 rings (SSSR count). The van der Waals surface area contributed by atoms with Crippen LogP contribution in [0, 0.1) is 6.57 Å². The van der Waals surface area contributed by atoms with E-state index in [1.807, 2.05) is 17.5 Å². The van der Waals surface area contributed by atoms with E-state index in [9.17, 15) is 9.90 Å². The zero-order valence-corrected chi connectivity index (χ0v) is 20.7. The lowest BCUT2D eigenvalue weighted by atomic mass is 10.1. The van der Waals surface area contributed by atoms with Crippen molar-refractivity contribution in [2.75, 3.05) is 18.0 Å². The quantitative estimate of drug-likeness (QED) is 0.185. The molecule has 31 heavy (non-hydrogen) atoms. The predicted molar refractivity (Wildman–Crippen MR) is 132 cm³/mol. The Morgan fingerprint density at radius 3 is 2.68 bits per heavy atom. The van der Waals surface area contributed by atoms with E-state index >= 15 is 0 Å². The third-order valence-corrected chi connectivity index (χ3v) is 7.43. The summed E-state index contributed by atoms with van der Waals surface area (Å²) in [6.45, 7) is 14.4. The van der Waals surface area contributed by atoms with Crippen LogP contribution in [0.1, 0.15) is 58.6 Å². The summed E-state index contributed by atoms with van der Waals surface area (Å²) < 4.78 is -0.134. The Morgan fingerprint density at radius 2 is 2.03 bits per heavy atom. The second-order valence-corrected chi connectivity index (χ2v) is 11.1. The Bertz CT molecular complexity index is 908. The standard InChI is InChI=1S/C23H30ClN3O2S2/c1-5-6-7-8-9-13-27(20-11-10-17(25-4)15-19(20)24)14-12-18-16-30-22(26-18)31-23(2,3)21(28)29/h10-11,15-16H,5-9,12-14H2,1-3H3,(H,28,29). The van der Waals surface area contributed by atoms with Gasteiger partial charge in [-0.1, -0.05) is 62.0 Å². The molecule has 2 aromatic rings. The highest BCUT2D eigenvalue weighted by molar-refractivity contribution is 8.02. The van der Waals surface area contributed by atoms with Crippen molar-refractivity contribution < 1.29 is 9.90 Å². The maximum Gasteiger partial charge on any atom is 0.319 e. The van der Waals surface area contributed by atoms with E-state index in [1.54, 1.807) is 19.9 Å². The molecule has 0 amide bonds. The van der Waals surface area contributed by atoms with E-state index in [1.165, 1.54) is 48.8 Å². The summed E-state index contributed by atoms with van der Waals surface area (Å²) in [6.07, 6.45) is 6.74. The fourth-order valence-electron chi connectivity index (χ4n) is 3.04. The Morgan fingerprint density at radius 1 is 1.29 bits per heavy atom. The topological polar surface area (TPSA) is 57.8 Å². The van der Waals surface area contributed by atoms with Gasteiger partial charge in [-0.05, 0) is 32.4 Å². The Hall–Kier alpha value is -1.75. The molecule has 168 valence electrons. The van der Waals surface area contributed by atoms with E-state index in [0.29, 0.717) is 10.7 Å². The number of carbonyl (C=O) groups is 1. The number of thiazole rings is 1. The molecule has 0 unspecified atom stereocenters.